The molecule has 132 valence electrons. The van der Waals surface area contributed by atoms with Gasteiger partial charge in [0.05, 0.1) is 0 Å². The quantitative estimate of drug-likeness (QED) is 0.694. The second-order valence-corrected chi connectivity index (χ2v) is 6.06. The van der Waals surface area contributed by atoms with Gasteiger partial charge in [-0.1, -0.05) is 42.5 Å². The maximum Gasteiger partial charge on any atom is 0.321 e. The molecule has 0 saturated carbocycles. The van der Waals surface area contributed by atoms with Crippen LogP contribution in [0.15, 0.2) is 79.1 Å². The molecule has 26 heavy (non-hydrogen) atoms. The number of nitrogens with one attached hydrogen (secondary N) is 1. The van der Waals surface area contributed by atoms with E-state index in [0.29, 0.717) is 13.1 Å². The Morgan fingerprint density at radius 1 is 0.923 bits per heavy atom. The van der Waals surface area contributed by atoms with Crippen molar-refractivity contribution in [3.05, 3.63) is 84.7 Å². The molecule has 0 fully saturated rings. The van der Waals surface area contributed by atoms with Crippen LogP contribution in [0, 0.1) is 0 Å². The van der Waals surface area contributed by atoms with Crippen LogP contribution >= 0.6 is 0 Å². The van der Waals surface area contributed by atoms with Crippen molar-refractivity contribution in [3.63, 3.8) is 0 Å². The molecule has 1 N–H and O–H groups in total. The Labute approximate surface area is 154 Å². The molecule has 0 aliphatic rings. The highest BCUT2D eigenvalue weighted by atomic mass is 16.2. The molecule has 4 heteroatoms. The molecule has 2 amide bonds. The molecule has 0 aliphatic heterocycles. The molecule has 0 atom stereocenters. The average molecular weight is 345 g/mol. The lowest BCUT2D eigenvalue weighted by atomic mass is 10.1. The van der Waals surface area contributed by atoms with E-state index in [1.165, 1.54) is 5.56 Å². The molecule has 1 aromatic heterocycles. The summed E-state index contributed by atoms with van der Waals surface area (Å²) in [6.45, 7) is 3.33. The number of hydrogen-bond acceptors (Lipinski definition) is 2. The molecule has 4 nitrogen and oxygen atoms in total. The molecule has 0 unspecified atom stereocenters. The summed E-state index contributed by atoms with van der Waals surface area (Å²) in [4.78, 5) is 18.4. The van der Waals surface area contributed by atoms with Crippen LogP contribution in [0.4, 0.5) is 10.5 Å². The van der Waals surface area contributed by atoms with Crippen molar-refractivity contribution < 1.29 is 4.79 Å². The van der Waals surface area contributed by atoms with Gasteiger partial charge in [0.1, 0.15) is 0 Å². The Hall–Kier alpha value is -3.14. The van der Waals surface area contributed by atoms with Crippen LogP contribution in [0.25, 0.3) is 11.1 Å². The van der Waals surface area contributed by atoms with Crippen LogP contribution in [-0.2, 0) is 6.42 Å². The van der Waals surface area contributed by atoms with Crippen LogP contribution < -0.4 is 5.32 Å². The summed E-state index contributed by atoms with van der Waals surface area (Å²) < 4.78 is 0. The molecule has 0 radical (unpaired) electrons. The Balaban J connectivity index is 1.59. The topological polar surface area (TPSA) is 45.2 Å². The van der Waals surface area contributed by atoms with Crippen molar-refractivity contribution in [1.29, 1.82) is 0 Å². The van der Waals surface area contributed by atoms with Crippen molar-refractivity contribution in [2.75, 3.05) is 18.4 Å². The SMILES string of the molecule is CCN(CCc1ccncc1)C(=O)Nc1ccc(-c2ccccc2)cc1. The smallest absolute Gasteiger partial charge is 0.321 e. The van der Waals surface area contributed by atoms with Gasteiger partial charge in [0, 0.05) is 31.2 Å². The third-order valence-electron chi connectivity index (χ3n) is 4.33. The normalized spacial score (nSPS) is 10.3. The predicted octanol–water partition coefficient (Wildman–Crippen LogP) is 4.85. The first-order valence-corrected chi connectivity index (χ1v) is 8.86. The highest BCUT2D eigenvalue weighted by Gasteiger charge is 2.11. The minimum Gasteiger partial charge on any atom is -0.324 e. The highest BCUT2D eigenvalue weighted by Crippen LogP contribution is 2.21. The number of benzene rings is 2. The summed E-state index contributed by atoms with van der Waals surface area (Å²) in [7, 11) is 0. The highest BCUT2D eigenvalue weighted by molar-refractivity contribution is 5.89. The van der Waals surface area contributed by atoms with Gasteiger partial charge in [0.15, 0.2) is 0 Å². The molecule has 3 aromatic rings. The number of amides is 2. The number of carbonyl (C=O) groups excluding carboxylic acids is 1. The minimum atomic E-state index is -0.0750. The number of likely N-dealkylation sites (N-methyl/N-ethyl adjacent to an activating group) is 1. The van der Waals surface area contributed by atoms with Crippen molar-refractivity contribution in [3.8, 4) is 11.1 Å². The first-order chi connectivity index (χ1) is 12.8. The van der Waals surface area contributed by atoms with E-state index in [0.717, 1.165) is 23.2 Å². The third-order valence-corrected chi connectivity index (χ3v) is 4.33. The zero-order valence-corrected chi connectivity index (χ0v) is 14.9. The van der Waals surface area contributed by atoms with Gasteiger partial charge in [-0.05, 0) is 54.3 Å². The van der Waals surface area contributed by atoms with Crippen molar-refractivity contribution in [2.24, 2.45) is 0 Å². The summed E-state index contributed by atoms with van der Waals surface area (Å²) in [6, 6.07) is 22.0. The fourth-order valence-electron chi connectivity index (χ4n) is 2.80. The largest absolute Gasteiger partial charge is 0.324 e. The van der Waals surface area contributed by atoms with E-state index >= 15 is 0 Å². The fourth-order valence-corrected chi connectivity index (χ4v) is 2.80. The van der Waals surface area contributed by atoms with Gasteiger partial charge in [0.2, 0.25) is 0 Å². The number of rotatable bonds is 6. The first-order valence-electron chi connectivity index (χ1n) is 8.86. The number of urea groups is 1. The standard InChI is InChI=1S/C22H23N3O/c1-2-25(17-14-18-12-15-23-16-13-18)22(26)24-21-10-8-20(9-11-21)19-6-4-3-5-7-19/h3-13,15-16H,2,14,17H2,1H3,(H,24,26). The maximum absolute atomic E-state index is 12.5. The van der Waals surface area contributed by atoms with Crippen molar-refractivity contribution >= 4 is 11.7 Å². The lowest BCUT2D eigenvalue weighted by Crippen LogP contribution is -2.36. The minimum absolute atomic E-state index is 0.0750. The molecule has 0 saturated heterocycles. The first kappa shape index (κ1) is 17.7. The van der Waals surface area contributed by atoms with Crippen LogP contribution in [0.2, 0.25) is 0 Å². The Kier molecular flexibility index (Phi) is 5.99. The lowest BCUT2D eigenvalue weighted by Gasteiger charge is -2.21. The predicted molar refractivity (Wildman–Crippen MR) is 106 cm³/mol. The van der Waals surface area contributed by atoms with Crippen molar-refractivity contribution in [1.82, 2.24) is 9.88 Å². The van der Waals surface area contributed by atoms with Crippen molar-refractivity contribution in [2.45, 2.75) is 13.3 Å². The molecular formula is C22H23N3O. The molecular weight excluding hydrogens is 322 g/mol. The van der Waals surface area contributed by atoms with E-state index in [9.17, 15) is 4.79 Å². The zero-order chi connectivity index (χ0) is 18.2. The average Bonchev–Trinajstić information content (AvgIpc) is 2.70. The van der Waals surface area contributed by atoms with Gasteiger partial charge in [-0.15, -0.1) is 0 Å². The molecule has 0 spiro atoms. The van der Waals surface area contributed by atoms with Gasteiger partial charge >= 0.3 is 6.03 Å². The molecule has 3 rings (SSSR count). The van der Waals surface area contributed by atoms with E-state index in [1.807, 2.05) is 66.4 Å². The molecule has 1 heterocycles. The van der Waals surface area contributed by atoms with Gasteiger partial charge in [-0.3, -0.25) is 4.98 Å². The summed E-state index contributed by atoms with van der Waals surface area (Å²) in [5.41, 5.74) is 4.28. The Morgan fingerprint density at radius 2 is 1.58 bits per heavy atom. The second-order valence-electron chi connectivity index (χ2n) is 6.06. The van der Waals surface area contributed by atoms with Gasteiger partial charge < -0.3 is 10.2 Å². The lowest BCUT2D eigenvalue weighted by molar-refractivity contribution is 0.215. The number of pyridine rings is 1. The van der Waals surface area contributed by atoms with Crippen LogP contribution in [0.5, 0.6) is 0 Å². The van der Waals surface area contributed by atoms with Crippen LogP contribution in [0.1, 0.15) is 12.5 Å². The number of aromatic nitrogens is 1. The molecule has 0 bridgehead atoms. The summed E-state index contributed by atoms with van der Waals surface area (Å²) in [5.74, 6) is 0. The van der Waals surface area contributed by atoms with Crippen LogP contribution in [0.3, 0.4) is 0 Å². The maximum atomic E-state index is 12.5. The third kappa shape index (κ3) is 4.70. The Morgan fingerprint density at radius 3 is 2.23 bits per heavy atom. The monoisotopic (exact) mass is 345 g/mol. The summed E-state index contributed by atoms with van der Waals surface area (Å²) >= 11 is 0. The molecule has 2 aromatic carbocycles. The number of carbonyl (C=O) groups is 1. The number of nitrogens with zero attached hydrogens (tertiary/aromatic N) is 2. The summed E-state index contributed by atoms with van der Waals surface area (Å²) in [5, 5.41) is 2.98. The van der Waals surface area contributed by atoms with Gasteiger partial charge in [-0.25, -0.2) is 4.79 Å². The second kappa shape index (κ2) is 8.81. The van der Waals surface area contributed by atoms with E-state index < -0.39 is 0 Å². The number of anilines is 1. The zero-order valence-electron chi connectivity index (χ0n) is 14.9. The fraction of sp³-hybridized carbons (Fsp3) is 0.182. The van der Waals surface area contributed by atoms with E-state index in [2.05, 4.69) is 22.4 Å². The van der Waals surface area contributed by atoms with Gasteiger partial charge in [-0.2, -0.15) is 0 Å². The van der Waals surface area contributed by atoms with Gasteiger partial charge in [0.25, 0.3) is 0 Å². The summed E-state index contributed by atoms with van der Waals surface area (Å²) in [6.07, 6.45) is 4.37. The Bertz CT molecular complexity index is 817. The van der Waals surface area contributed by atoms with E-state index in [1.54, 1.807) is 12.4 Å². The van der Waals surface area contributed by atoms with E-state index in [4.69, 9.17) is 0 Å². The molecule has 0 aliphatic carbocycles. The number of hydrogen-bond donors (Lipinski definition) is 1. The van der Waals surface area contributed by atoms with Crippen LogP contribution in [-0.4, -0.2) is 29.0 Å². The van der Waals surface area contributed by atoms with E-state index in [-0.39, 0.29) is 6.03 Å².